The van der Waals surface area contributed by atoms with Crippen molar-refractivity contribution in [3.63, 3.8) is 0 Å². The van der Waals surface area contributed by atoms with Crippen molar-refractivity contribution in [1.82, 2.24) is 5.32 Å². The Morgan fingerprint density at radius 1 is 1.04 bits per heavy atom. The number of ether oxygens (including phenoxy) is 6. The summed E-state index contributed by atoms with van der Waals surface area (Å²) in [6.45, 7) is 8.08. The van der Waals surface area contributed by atoms with Crippen LogP contribution in [0.5, 0.6) is 34.5 Å². The van der Waals surface area contributed by atoms with Gasteiger partial charge in [-0.25, -0.2) is 14.6 Å². The molecule has 5 aliphatic rings. The van der Waals surface area contributed by atoms with Gasteiger partial charge in [-0.3, -0.25) is 0 Å². The molecule has 12 N–H and O–H groups in total. The van der Waals surface area contributed by atoms with E-state index >= 15 is 0 Å². The number of rotatable bonds is 16. The Hall–Kier alpha value is -6.21. The highest BCUT2D eigenvalue weighted by atomic mass is 16.7. The van der Waals surface area contributed by atoms with Gasteiger partial charge in [-0.15, -0.1) is 0 Å². The number of nitrogens with one attached hydrogen (secondary N) is 2. The van der Waals surface area contributed by atoms with Gasteiger partial charge < -0.3 is 85.6 Å². The van der Waals surface area contributed by atoms with Crippen LogP contribution in [0.15, 0.2) is 35.3 Å². The molecule has 2 spiro atoms. The van der Waals surface area contributed by atoms with Crippen LogP contribution in [-0.4, -0.2) is 134 Å². The quantitative estimate of drug-likeness (QED) is 0.0312. The summed E-state index contributed by atoms with van der Waals surface area (Å²) in [6, 6.07) is 8.73. The molecule has 0 amide bonds. The van der Waals surface area contributed by atoms with Crippen molar-refractivity contribution in [3.8, 4) is 46.3 Å². The molecule has 3 aromatic rings. The lowest BCUT2D eigenvalue weighted by Crippen LogP contribution is -2.75. The number of benzene rings is 3. The van der Waals surface area contributed by atoms with Crippen LogP contribution in [0.4, 0.5) is 5.69 Å². The summed E-state index contributed by atoms with van der Waals surface area (Å²) in [5.41, 5.74) is 1.88. The van der Waals surface area contributed by atoms with E-state index in [1.807, 2.05) is 38.1 Å². The van der Waals surface area contributed by atoms with Crippen LogP contribution >= 0.6 is 0 Å². The number of aliphatic hydroxyl groups excluding tert-OH is 4. The molecule has 20 heteroatoms. The van der Waals surface area contributed by atoms with E-state index in [0.29, 0.717) is 50.6 Å². The van der Waals surface area contributed by atoms with Crippen molar-refractivity contribution in [2.24, 2.45) is 28.5 Å². The summed E-state index contributed by atoms with van der Waals surface area (Å²) in [6.07, 6.45) is -4.96. The van der Waals surface area contributed by atoms with E-state index in [4.69, 9.17) is 34.2 Å². The average Bonchev–Trinajstić information content (AvgIpc) is 3.87. The fraction of sp³-hybridized carbons (Fsp3) is 0.582. The number of aliphatic hydroxyl groups is 5. The number of aromatic hydroxyl groups is 2. The molecular weight excluding hydrogens is 973 g/mol. The Labute approximate surface area is 436 Å². The molecule has 20 nitrogen and oxygen atoms in total. The van der Waals surface area contributed by atoms with Crippen molar-refractivity contribution in [2.75, 3.05) is 38.9 Å². The zero-order valence-electron chi connectivity index (χ0n) is 43.2. The van der Waals surface area contributed by atoms with Crippen molar-refractivity contribution >= 4 is 23.6 Å². The predicted molar refractivity (Wildman–Crippen MR) is 273 cm³/mol. The largest absolute Gasteiger partial charge is 0.504 e. The van der Waals surface area contributed by atoms with E-state index in [1.54, 1.807) is 0 Å². The predicted octanol–water partition coefficient (Wildman–Crippen LogP) is 4.36. The summed E-state index contributed by atoms with van der Waals surface area (Å²) < 4.78 is 37.0. The number of phenolic OH excluding ortho intramolecular Hbond substituents is 2. The fourth-order valence-electron chi connectivity index (χ4n) is 12.0. The lowest BCUT2D eigenvalue weighted by atomic mass is 9.62. The maximum atomic E-state index is 14.4. The van der Waals surface area contributed by atoms with Crippen LogP contribution in [0, 0.1) is 29.6 Å². The van der Waals surface area contributed by atoms with Gasteiger partial charge in [0.05, 0.1) is 25.0 Å². The number of carboxylic acids is 1. The smallest absolute Gasteiger partial charge is 0.344 e. The number of carbonyl (C=O) groups excluding carboxylic acids is 1. The number of fused-ring (bicyclic) bond motifs is 3. The molecule has 408 valence electrons. The molecule has 1 saturated carbocycles. The molecule has 75 heavy (non-hydrogen) atoms. The molecule has 1 saturated heterocycles. The molecule has 3 aromatic carbocycles. The first-order valence-corrected chi connectivity index (χ1v) is 26.0. The van der Waals surface area contributed by atoms with Crippen LogP contribution in [0.25, 0.3) is 0 Å². The van der Waals surface area contributed by atoms with Crippen LogP contribution in [0.3, 0.4) is 0 Å². The highest BCUT2D eigenvalue weighted by molar-refractivity contribution is 5.98. The highest BCUT2D eigenvalue weighted by Crippen LogP contribution is 2.61. The summed E-state index contributed by atoms with van der Waals surface area (Å²) >= 11 is 0. The number of cyclic esters (lactones) is 1. The number of aryl methyl sites for hydroxylation is 1. The second-order valence-corrected chi connectivity index (χ2v) is 20.9. The SMILES string of the molecule is CCc1cccc(CCOc2c(O)c(OC)c3c(c2O)C(=O)O[C@@H](O)[C@@]2(CC3)O[C@H]3Oc4c(OCN=C(N)NCCCCO)cc(C(=O)O)c5c4C4(CCCC4)[C@H](C#CC[C@@](O)([C@H]3O)[C@@H]2O)[C@H](CC(C)C)[C@H](C)N5)c1. The van der Waals surface area contributed by atoms with Crippen LogP contribution in [0.1, 0.15) is 128 Å². The summed E-state index contributed by atoms with van der Waals surface area (Å²) in [5.74, 6) is 0.974. The zero-order chi connectivity index (χ0) is 54.0. The minimum Gasteiger partial charge on any atom is -0.504 e. The first-order chi connectivity index (χ1) is 35.8. The molecule has 1 aliphatic carbocycles. The van der Waals surface area contributed by atoms with Crippen LogP contribution in [0.2, 0.25) is 0 Å². The van der Waals surface area contributed by atoms with E-state index in [0.717, 1.165) is 30.4 Å². The Kier molecular flexibility index (Phi) is 16.6. The van der Waals surface area contributed by atoms with E-state index in [1.165, 1.54) is 13.2 Å². The number of methoxy groups -OCH3 is 1. The molecular formula is C55H72N4O16. The van der Waals surface area contributed by atoms with Gasteiger partial charge in [0.25, 0.3) is 0 Å². The Morgan fingerprint density at radius 3 is 2.48 bits per heavy atom. The molecule has 4 heterocycles. The van der Waals surface area contributed by atoms with Gasteiger partial charge in [0, 0.05) is 60.6 Å². The number of nitrogens with two attached hydrogens (primary N) is 1. The minimum absolute atomic E-state index is 0.000120. The molecule has 0 unspecified atom stereocenters. The first-order valence-electron chi connectivity index (χ1n) is 26.0. The van der Waals surface area contributed by atoms with Gasteiger partial charge in [-0.05, 0) is 81.3 Å². The molecule has 0 aromatic heterocycles. The number of carbonyl (C=O) groups is 2. The van der Waals surface area contributed by atoms with Gasteiger partial charge in [0.15, 0.2) is 41.3 Å². The van der Waals surface area contributed by atoms with Gasteiger partial charge in [-0.1, -0.05) is 69.7 Å². The first kappa shape index (κ1) is 55.0. The maximum Gasteiger partial charge on any atom is 0.344 e. The Balaban J connectivity index is 1.25. The second-order valence-electron chi connectivity index (χ2n) is 20.9. The number of hydrogen-bond acceptors (Lipinski definition) is 17. The number of hydrogen-bond donors (Lipinski definition) is 11. The van der Waals surface area contributed by atoms with E-state index < -0.39 is 108 Å². The summed E-state index contributed by atoms with van der Waals surface area (Å²) in [5, 5.41) is 100. The second kappa shape index (κ2) is 22.6. The molecule has 8 rings (SSSR count). The number of aromatic carboxylic acids is 1. The third-order valence-corrected chi connectivity index (χ3v) is 15.8. The molecule has 2 fully saturated rings. The lowest BCUT2D eigenvalue weighted by molar-refractivity contribution is -0.381. The van der Waals surface area contributed by atoms with Gasteiger partial charge >= 0.3 is 11.9 Å². The Bertz CT molecular complexity index is 2700. The zero-order valence-corrected chi connectivity index (χ0v) is 43.2. The number of unbranched alkanes of at least 4 members (excludes halogenated alkanes) is 1. The Morgan fingerprint density at radius 2 is 1.79 bits per heavy atom. The van der Waals surface area contributed by atoms with E-state index in [9.17, 15) is 50.4 Å². The van der Waals surface area contributed by atoms with Gasteiger partial charge in [0.2, 0.25) is 24.1 Å². The number of carboxylic acid groups (broad SMARTS) is 1. The highest BCUT2D eigenvalue weighted by Gasteiger charge is 2.67. The lowest BCUT2D eigenvalue weighted by Gasteiger charge is -2.54. The molecule has 4 bridgehead atoms. The summed E-state index contributed by atoms with van der Waals surface area (Å²) in [7, 11) is 1.23. The van der Waals surface area contributed by atoms with Crippen LogP contribution < -0.4 is 35.3 Å². The average molecular weight is 1050 g/mol. The third kappa shape index (κ3) is 10.3. The van der Waals surface area contributed by atoms with Crippen molar-refractivity contribution in [2.45, 2.75) is 152 Å². The molecule has 0 radical (unpaired) electrons. The monoisotopic (exact) mass is 1040 g/mol. The normalized spacial score (nSPS) is 27.7. The van der Waals surface area contributed by atoms with Crippen LogP contribution in [-0.2, 0) is 34.2 Å². The third-order valence-electron chi connectivity index (χ3n) is 15.8. The van der Waals surface area contributed by atoms with Crippen molar-refractivity contribution in [1.29, 1.82) is 0 Å². The number of aliphatic imine (C=N–C) groups is 1. The standard InChI is InChI=1S/C55H72N4O16/c1-6-31-13-11-14-32(26-31)17-24-71-45-41(61)38-33(43(70-5)42(45)62)16-21-55(51(68)74-48(38)66)50(67)54(69)20-12-15-36-34(25-29(2)3)30(4)59-40-35(47(64)65)27-37(72-28-58-52(56)57-22-9-10-23-60)44(73-49(75-55)46(54)63)39(40)53(36)18-7-8-19-53/h11,13-14,26-27,29-30,34,36,46,49-51,59-63,67-69H,6-10,16-25,28H2,1-5H3,(H,64,65)(H3,56,57,58)/t30-,34+,36+,46-,49+,50-,51+,54+,55-/m0/s1. The topological polar surface area (TPSA) is 314 Å². The van der Waals surface area contributed by atoms with E-state index in [-0.39, 0.29) is 71.1 Å². The molecule has 4 aliphatic heterocycles. The van der Waals surface area contributed by atoms with Gasteiger partial charge in [0.1, 0.15) is 23.4 Å². The minimum atomic E-state index is -2.70. The number of guanidine groups is 1. The van der Waals surface area contributed by atoms with E-state index in [2.05, 4.69) is 41.3 Å². The number of esters is 1. The number of nitrogens with zero attached hydrogens (tertiary/aromatic N) is 1. The fourth-order valence-corrected chi connectivity index (χ4v) is 12.0. The van der Waals surface area contributed by atoms with Crippen molar-refractivity contribution in [3.05, 3.63) is 63.7 Å². The van der Waals surface area contributed by atoms with Gasteiger partial charge in [-0.2, -0.15) is 0 Å². The summed E-state index contributed by atoms with van der Waals surface area (Å²) in [4.78, 5) is 32.1. The number of phenols is 2. The van der Waals surface area contributed by atoms with Crippen molar-refractivity contribution < 1.29 is 78.9 Å². The molecule has 9 atom stereocenters. The maximum absolute atomic E-state index is 14.4. The number of anilines is 1.